The van der Waals surface area contributed by atoms with E-state index >= 15 is 0 Å². The van der Waals surface area contributed by atoms with Crippen molar-refractivity contribution in [1.29, 1.82) is 0 Å². The quantitative estimate of drug-likeness (QED) is 0.594. The first-order chi connectivity index (χ1) is 6.22. The Hall–Kier alpha value is -1.16. The van der Waals surface area contributed by atoms with Gasteiger partial charge in [-0.1, -0.05) is 0 Å². The summed E-state index contributed by atoms with van der Waals surface area (Å²) in [5.41, 5.74) is 0.506. The average Bonchev–Trinajstić information content (AvgIpc) is 2.18. The summed E-state index contributed by atoms with van der Waals surface area (Å²) in [7, 11) is 3.03. The van der Waals surface area contributed by atoms with Gasteiger partial charge in [-0.05, 0) is 12.1 Å². The molecule has 0 N–H and O–H groups in total. The lowest BCUT2D eigenvalue weighted by Crippen LogP contribution is -1.92. The topological polar surface area (TPSA) is 35.5 Å². The second kappa shape index (κ2) is 4.18. The summed E-state index contributed by atoms with van der Waals surface area (Å²) >= 11 is 4.19. The number of ether oxygens (including phenoxy) is 2. The highest BCUT2D eigenvalue weighted by Crippen LogP contribution is 2.32. The normalized spacial score (nSPS) is 9.46. The Bertz CT molecular complexity index is 298. The van der Waals surface area contributed by atoms with Crippen molar-refractivity contribution in [2.75, 3.05) is 14.2 Å². The fraction of sp³-hybridized carbons (Fsp3) is 0.222. The number of thiol groups is 1. The zero-order valence-electron chi connectivity index (χ0n) is 7.40. The molecule has 13 heavy (non-hydrogen) atoms. The van der Waals surface area contributed by atoms with Gasteiger partial charge in [0.1, 0.15) is 17.8 Å². The van der Waals surface area contributed by atoms with Crippen LogP contribution in [0.1, 0.15) is 10.4 Å². The van der Waals surface area contributed by atoms with Gasteiger partial charge in [0.05, 0.1) is 19.1 Å². The number of hydrogen-bond acceptors (Lipinski definition) is 4. The standard InChI is InChI=1S/C9H10O3S/c1-11-7-3-6(5-10)4-8(12-2)9(7)13/h3-5,13H,1-2H3. The number of carbonyl (C=O) groups is 1. The van der Waals surface area contributed by atoms with Gasteiger partial charge < -0.3 is 9.47 Å². The van der Waals surface area contributed by atoms with E-state index in [9.17, 15) is 4.79 Å². The van der Waals surface area contributed by atoms with E-state index in [1.165, 1.54) is 14.2 Å². The lowest BCUT2D eigenvalue weighted by molar-refractivity contribution is 0.112. The fourth-order valence-corrected chi connectivity index (χ4v) is 1.29. The van der Waals surface area contributed by atoms with Gasteiger partial charge in [-0.2, -0.15) is 0 Å². The second-order valence-corrected chi connectivity index (χ2v) is 2.84. The Balaban J connectivity index is 3.28. The largest absolute Gasteiger partial charge is 0.495 e. The lowest BCUT2D eigenvalue weighted by Gasteiger charge is -2.09. The molecule has 3 nitrogen and oxygen atoms in total. The summed E-state index contributed by atoms with van der Waals surface area (Å²) in [6, 6.07) is 3.22. The second-order valence-electron chi connectivity index (χ2n) is 2.39. The first-order valence-corrected chi connectivity index (χ1v) is 4.07. The minimum atomic E-state index is 0.506. The summed E-state index contributed by atoms with van der Waals surface area (Å²) in [5, 5.41) is 0. The molecule has 0 aliphatic carbocycles. The van der Waals surface area contributed by atoms with E-state index in [-0.39, 0.29) is 0 Å². The molecule has 0 unspecified atom stereocenters. The molecule has 0 bridgehead atoms. The molecule has 1 rings (SSSR count). The summed E-state index contributed by atoms with van der Waals surface area (Å²) in [4.78, 5) is 11.1. The SMILES string of the molecule is COc1cc(C=O)cc(OC)c1S. The molecule has 0 amide bonds. The summed E-state index contributed by atoms with van der Waals surface area (Å²) < 4.78 is 10.0. The molecular formula is C9H10O3S. The number of hydrogen-bond donors (Lipinski definition) is 1. The Labute approximate surface area is 82.1 Å². The number of rotatable bonds is 3. The van der Waals surface area contributed by atoms with E-state index in [1.54, 1.807) is 12.1 Å². The van der Waals surface area contributed by atoms with Crippen LogP contribution < -0.4 is 9.47 Å². The van der Waals surface area contributed by atoms with Crippen LogP contribution in [0, 0.1) is 0 Å². The predicted molar refractivity (Wildman–Crippen MR) is 52.2 cm³/mol. The van der Waals surface area contributed by atoms with Gasteiger partial charge in [-0.25, -0.2) is 0 Å². The van der Waals surface area contributed by atoms with Crippen LogP contribution in [-0.2, 0) is 0 Å². The molecule has 0 aromatic heterocycles. The molecule has 0 heterocycles. The van der Waals surface area contributed by atoms with Crippen molar-refractivity contribution < 1.29 is 14.3 Å². The van der Waals surface area contributed by atoms with Gasteiger partial charge >= 0.3 is 0 Å². The molecule has 0 atom stereocenters. The molecule has 0 fully saturated rings. The summed E-state index contributed by atoms with van der Waals surface area (Å²) in [6.07, 6.45) is 0.734. The van der Waals surface area contributed by atoms with E-state index in [2.05, 4.69) is 12.6 Å². The van der Waals surface area contributed by atoms with Gasteiger partial charge in [-0.3, -0.25) is 4.79 Å². The molecule has 4 heteroatoms. The highest BCUT2D eigenvalue weighted by atomic mass is 32.1. The zero-order valence-corrected chi connectivity index (χ0v) is 8.30. The third-order valence-electron chi connectivity index (χ3n) is 1.64. The molecule has 0 radical (unpaired) electrons. The van der Waals surface area contributed by atoms with Gasteiger partial charge in [0.25, 0.3) is 0 Å². The van der Waals surface area contributed by atoms with E-state index in [4.69, 9.17) is 9.47 Å². The molecule has 0 aliphatic rings. The van der Waals surface area contributed by atoms with Crippen LogP contribution in [0.5, 0.6) is 11.5 Å². The first-order valence-electron chi connectivity index (χ1n) is 3.63. The van der Waals surface area contributed by atoms with Crippen molar-refractivity contribution in [3.05, 3.63) is 17.7 Å². The minimum Gasteiger partial charge on any atom is -0.495 e. The number of carbonyl (C=O) groups excluding carboxylic acids is 1. The Morgan fingerprint density at radius 3 is 2.00 bits per heavy atom. The summed E-state index contributed by atoms with van der Waals surface area (Å²) in [5.74, 6) is 1.06. The maximum atomic E-state index is 10.5. The van der Waals surface area contributed by atoms with Gasteiger partial charge in [0.2, 0.25) is 0 Å². The molecule has 1 aromatic rings. The average molecular weight is 198 g/mol. The van der Waals surface area contributed by atoms with Crippen molar-refractivity contribution in [3.8, 4) is 11.5 Å². The number of aldehydes is 1. The van der Waals surface area contributed by atoms with Crippen molar-refractivity contribution in [1.82, 2.24) is 0 Å². The maximum Gasteiger partial charge on any atom is 0.150 e. The Kier molecular flexibility index (Phi) is 3.19. The van der Waals surface area contributed by atoms with Crippen LogP contribution in [0.25, 0.3) is 0 Å². The highest BCUT2D eigenvalue weighted by molar-refractivity contribution is 7.80. The molecule has 70 valence electrons. The van der Waals surface area contributed by atoms with Crippen LogP contribution in [-0.4, -0.2) is 20.5 Å². The number of methoxy groups -OCH3 is 2. The Morgan fingerprint density at radius 2 is 1.69 bits per heavy atom. The lowest BCUT2D eigenvalue weighted by atomic mass is 10.2. The zero-order chi connectivity index (χ0) is 9.84. The van der Waals surface area contributed by atoms with Crippen LogP contribution in [0.15, 0.2) is 17.0 Å². The molecule has 1 aromatic carbocycles. The van der Waals surface area contributed by atoms with E-state index in [0.29, 0.717) is 22.0 Å². The van der Waals surface area contributed by atoms with Crippen molar-refractivity contribution in [2.24, 2.45) is 0 Å². The van der Waals surface area contributed by atoms with Gasteiger partial charge in [-0.15, -0.1) is 12.6 Å². The Morgan fingerprint density at radius 1 is 1.23 bits per heavy atom. The molecule has 0 saturated heterocycles. The van der Waals surface area contributed by atoms with E-state index < -0.39 is 0 Å². The van der Waals surface area contributed by atoms with Crippen molar-refractivity contribution >= 4 is 18.9 Å². The first kappa shape index (κ1) is 9.92. The monoisotopic (exact) mass is 198 g/mol. The molecular weight excluding hydrogens is 188 g/mol. The molecule has 0 spiro atoms. The fourth-order valence-electron chi connectivity index (χ4n) is 0.982. The van der Waals surface area contributed by atoms with Crippen LogP contribution in [0.4, 0.5) is 0 Å². The van der Waals surface area contributed by atoms with E-state index in [1.807, 2.05) is 0 Å². The van der Waals surface area contributed by atoms with Crippen LogP contribution in [0.3, 0.4) is 0 Å². The van der Waals surface area contributed by atoms with Crippen LogP contribution in [0.2, 0.25) is 0 Å². The van der Waals surface area contributed by atoms with Gasteiger partial charge in [0, 0.05) is 5.56 Å². The molecule has 0 aliphatic heterocycles. The van der Waals surface area contributed by atoms with Crippen molar-refractivity contribution in [3.63, 3.8) is 0 Å². The van der Waals surface area contributed by atoms with Crippen molar-refractivity contribution in [2.45, 2.75) is 4.90 Å². The minimum absolute atomic E-state index is 0.506. The third kappa shape index (κ3) is 1.95. The smallest absolute Gasteiger partial charge is 0.150 e. The predicted octanol–water partition coefficient (Wildman–Crippen LogP) is 1.80. The van der Waals surface area contributed by atoms with Crippen LogP contribution >= 0.6 is 12.6 Å². The summed E-state index contributed by atoms with van der Waals surface area (Å²) in [6.45, 7) is 0. The van der Waals surface area contributed by atoms with Gasteiger partial charge in [0.15, 0.2) is 0 Å². The molecule has 0 saturated carbocycles. The highest BCUT2D eigenvalue weighted by Gasteiger charge is 2.08. The number of benzene rings is 1. The third-order valence-corrected chi connectivity index (χ3v) is 2.08. The van der Waals surface area contributed by atoms with E-state index in [0.717, 1.165) is 6.29 Å². The maximum absolute atomic E-state index is 10.5.